The summed E-state index contributed by atoms with van der Waals surface area (Å²) in [5.41, 5.74) is 1.10. The number of carbonyl (C=O) groups excluding carboxylic acids is 1. The minimum absolute atomic E-state index is 0.0687. The Morgan fingerprint density at radius 1 is 1.44 bits per heavy atom. The first-order chi connectivity index (χ1) is 8.65. The molecule has 0 saturated carbocycles. The lowest BCUT2D eigenvalue weighted by Crippen LogP contribution is -2.35. The number of nitrogens with zero attached hydrogens (tertiary/aromatic N) is 2. The Balaban J connectivity index is 2.38. The Morgan fingerprint density at radius 3 is 2.78 bits per heavy atom. The number of anilines is 1. The maximum atomic E-state index is 11.5. The zero-order valence-electron chi connectivity index (χ0n) is 11.4. The van der Waals surface area contributed by atoms with Gasteiger partial charge in [0.15, 0.2) is 0 Å². The van der Waals surface area contributed by atoms with E-state index in [0.29, 0.717) is 6.54 Å². The number of pyridine rings is 1. The van der Waals surface area contributed by atoms with E-state index in [1.807, 2.05) is 44.2 Å². The van der Waals surface area contributed by atoms with Crippen LogP contribution >= 0.6 is 0 Å². The molecule has 0 saturated heterocycles. The number of likely N-dealkylation sites (N-methyl/N-ethyl adjacent to an activating group) is 1. The van der Waals surface area contributed by atoms with Crippen LogP contribution in [0.1, 0.15) is 18.9 Å². The van der Waals surface area contributed by atoms with Crippen LogP contribution in [0.15, 0.2) is 18.3 Å². The third-order valence-corrected chi connectivity index (χ3v) is 2.52. The molecule has 0 aromatic carbocycles. The van der Waals surface area contributed by atoms with Crippen LogP contribution in [0.25, 0.3) is 0 Å². The van der Waals surface area contributed by atoms with Crippen molar-refractivity contribution in [2.45, 2.75) is 19.9 Å². The highest BCUT2D eigenvalue weighted by atomic mass is 16.2. The lowest BCUT2D eigenvalue weighted by atomic mass is 10.2. The highest BCUT2D eigenvalue weighted by Gasteiger charge is 2.06. The molecule has 0 atom stereocenters. The predicted octanol–water partition coefficient (Wildman–Crippen LogP) is 1.08. The molecule has 0 radical (unpaired) electrons. The fourth-order valence-electron chi connectivity index (χ4n) is 1.60. The van der Waals surface area contributed by atoms with Gasteiger partial charge in [-0.25, -0.2) is 4.98 Å². The van der Waals surface area contributed by atoms with Gasteiger partial charge in [-0.05, 0) is 25.1 Å². The number of hydrogen-bond acceptors (Lipinski definition) is 4. The van der Waals surface area contributed by atoms with E-state index in [-0.39, 0.29) is 5.91 Å². The van der Waals surface area contributed by atoms with Gasteiger partial charge in [0, 0.05) is 26.3 Å². The Labute approximate surface area is 109 Å². The molecule has 5 nitrogen and oxygen atoms in total. The number of nitrogens with one attached hydrogen (secondary N) is 2. The van der Waals surface area contributed by atoms with Gasteiger partial charge in [0.1, 0.15) is 5.82 Å². The van der Waals surface area contributed by atoms with Gasteiger partial charge in [0.2, 0.25) is 5.91 Å². The molecule has 0 aliphatic rings. The van der Waals surface area contributed by atoms with Crippen LogP contribution in [0.4, 0.5) is 5.82 Å². The first-order valence-corrected chi connectivity index (χ1v) is 6.23. The van der Waals surface area contributed by atoms with Gasteiger partial charge in [-0.15, -0.1) is 0 Å². The number of amides is 1. The Hall–Kier alpha value is -1.62. The van der Waals surface area contributed by atoms with Crippen molar-refractivity contribution in [3.63, 3.8) is 0 Å². The molecule has 100 valence electrons. The summed E-state index contributed by atoms with van der Waals surface area (Å²) in [7, 11) is 3.77. The average Bonchev–Trinajstić information content (AvgIpc) is 2.37. The Kier molecular flexibility index (Phi) is 6.14. The van der Waals surface area contributed by atoms with Gasteiger partial charge < -0.3 is 10.6 Å². The van der Waals surface area contributed by atoms with Gasteiger partial charge in [0.05, 0.1) is 6.54 Å². The quantitative estimate of drug-likeness (QED) is 0.760. The zero-order chi connectivity index (χ0) is 13.4. The molecule has 1 rings (SSSR count). The van der Waals surface area contributed by atoms with E-state index < -0.39 is 0 Å². The van der Waals surface area contributed by atoms with Crippen molar-refractivity contribution >= 4 is 11.7 Å². The predicted molar refractivity (Wildman–Crippen MR) is 73.4 cm³/mol. The van der Waals surface area contributed by atoms with E-state index in [4.69, 9.17) is 0 Å². The second-order valence-corrected chi connectivity index (χ2v) is 4.32. The van der Waals surface area contributed by atoms with Crippen LogP contribution in [0.3, 0.4) is 0 Å². The normalized spacial score (nSPS) is 10.4. The molecule has 1 aromatic rings. The van der Waals surface area contributed by atoms with E-state index in [2.05, 4.69) is 15.6 Å². The van der Waals surface area contributed by atoms with Crippen LogP contribution in [0.2, 0.25) is 0 Å². The van der Waals surface area contributed by atoms with Gasteiger partial charge in [0.25, 0.3) is 0 Å². The van der Waals surface area contributed by atoms with Gasteiger partial charge in [-0.3, -0.25) is 9.69 Å². The van der Waals surface area contributed by atoms with E-state index in [9.17, 15) is 4.79 Å². The lowest BCUT2D eigenvalue weighted by Gasteiger charge is -2.16. The monoisotopic (exact) mass is 250 g/mol. The summed E-state index contributed by atoms with van der Waals surface area (Å²) >= 11 is 0. The van der Waals surface area contributed by atoms with Crippen molar-refractivity contribution in [2.75, 3.05) is 32.5 Å². The van der Waals surface area contributed by atoms with Crippen molar-refractivity contribution in [1.82, 2.24) is 15.2 Å². The van der Waals surface area contributed by atoms with Crippen LogP contribution in [0.5, 0.6) is 0 Å². The molecule has 1 amide bonds. The maximum Gasteiger partial charge on any atom is 0.234 e. The van der Waals surface area contributed by atoms with Crippen LogP contribution in [0, 0.1) is 0 Å². The Morgan fingerprint density at radius 2 is 2.22 bits per heavy atom. The number of carbonyl (C=O) groups is 1. The van der Waals surface area contributed by atoms with Crippen molar-refractivity contribution in [3.8, 4) is 0 Å². The van der Waals surface area contributed by atoms with Crippen molar-refractivity contribution in [1.29, 1.82) is 0 Å². The molecule has 5 heteroatoms. The molecule has 1 aromatic heterocycles. The fourth-order valence-corrected chi connectivity index (χ4v) is 1.60. The largest absolute Gasteiger partial charge is 0.373 e. The summed E-state index contributed by atoms with van der Waals surface area (Å²) in [6, 6.07) is 3.94. The molecule has 0 aliphatic carbocycles. The third kappa shape index (κ3) is 5.14. The lowest BCUT2D eigenvalue weighted by molar-refractivity contribution is -0.122. The second kappa shape index (κ2) is 7.66. The molecule has 0 aliphatic heterocycles. The standard InChI is InChI=1S/C13H22N4O/c1-4-7-15-13(18)10-17(3)9-11-5-6-12(14-2)16-8-11/h5-6,8H,4,7,9-10H2,1-3H3,(H,14,16)(H,15,18). The summed E-state index contributed by atoms with van der Waals surface area (Å²) in [6.07, 6.45) is 2.79. The van der Waals surface area contributed by atoms with Crippen LogP contribution in [-0.2, 0) is 11.3 Å². The van der Waals surface area contributed by atoms with E-state index in [0.717, 1.165) is 30.9 Å². The molecular weight excluding hydrogens is 228 g/mol. The molecular formula is C13H22N4O. The topological polar surface area (TPSA) is 57.3 Å². The first kappa shape index (κ1) is 14.4. The molecule has 0 unspecified atom stereocenters. The molecule has 18 heavy (non-hydrogen) atoms. The smallest absolute Gasteiger partial charge is 0.234 e. The number of aromatic nitrogens is 1. The average molecular weight is 250 g/mol. The fraction of sp³-hybridized carbons (Fsp3) is 0.538. The van der Waals surface area contributed by atoms with Crippen LogP contribution in [-0.4, -0.2) is 43.0 Å². The van der Waals surface area contributed by atoms with Crippen LogP contribution < -0.4 is 10.6 Å². The number of rotatable bonds is 7. The summed E-state index contributed by atoms with van der Waals surface area (Å²) in [4.78, 5) is 17.7. The van der Waals surface area contributed by atoms with E-state index in [1.54, 1.807) is 0 Å². The SMILES string of the molecule is CCCNC(=O)CN(C)Cc1ccc(NC)nc1. The summed E-state index contributed by atoms with van der Waals surface area (Å²) in [6.45, 7) is 3.91. The zero-order valence-corrected chi connectivity index (χ0v) is 11.4. The van der Waals surface area contributed by atoms with Crippen molar-refractivity contribution < 1.29 is 4.79 Å². The Bertz CT molecular complexity index is 364. The highest BCUT2D eigenvalue weighted by Crippen LogP contribution is 2.06. The van der Waals surface area contributed by atoms with Gasteiger partial charge in [-0.1, -0.05) is 13.0 Å². The third-order valence-electron chi connectivity index (χ3n) is 2.52. The van der Waals surface area contributed by atoms with Gasteiger partial charge in [-0.2, -0.15) is 0 Å². The summed E-state index contributed by atoms with van der Waals surface area (Å²) in [5.74, 6) is 0.918. The van der Waals surface area contributed by atoms with E-state index >= 15 is 0 Å². The molecule has 0 spiro atoms. The maximum absolute atomic E-state index is 11.5. The first-order valence-electron chi connectivity index (χ1n) is 6.23. The molecule has 2 N–H and O–H groups in total. The van der Waals surface area contributed by atoms with Crippen molar-refractivity contribution in [3.05, 3.63) is 23.9 Å². The summed E-state index contributed by atoms with van der Waals surface area (Å²) in [5, 5.41) is 5.84. The second-order valence-electron chi connectivity index (χ2n) is 4.32. The van der Waals surface area contributed by atoms with Crippen molar-refractivity contribution in [2.24, 2.45) is 0 Å². The molecule has 0 fully saturated rings. The summed E-state index contributed by atoms with van der Waals surface area (Å²) < 4.78 is 0. The van der Waals surface area contributed by atoms with Gasteiger partial charge >= 0.3 is 0 Å². The number of hydrogen-bond donors (Lipinski definition) is 2. The minimum atomic E-state index is 0.0687. The molecule has 0 bridgehead atoms. The van der Waals surface area contributed by atoms with E-state index in [1.165, 1.54) is 0 Å². The highest BCUT2D eigenvalue weighted by molar-refractivity contribution is 5.77. The molecule has 1 heterocycles. The minimum Gasteiger partial charge on any atom is -0.373 e.